The van der Waals surface area contributed by atoms with Gasteiger partial charge >= 0.3 is 5.69 Å². The Labute approximate surface area is 137 Å². The van der Waals surface area contributed by atoms with Crippen molar-refractivity contribution in [3.63, 3.8) is 0 Å². The van der Waals surface area contributed by atoms with Crippen molar-refractivity contribution in [2.75, 3.05) is 0 Å². The Bertz CT molecular complexity index is 1020. The zero-order valence-electron chi connectivity index (χ0n) is 12.0. The van der Waals surface area contributed by atoms with Crippen LogP contribution in [-0.4, -0.2) is 24.6 Å². The number of nitrogens with zero attached hydrogens (tertiary/aromatic N) is 4. The van der Waals surface area contributed by atoms with Crippen LogP contribution in [0.1, 0.15) is 17.7 Å². The minimum absolute atomic E-state index is 0.245. The molecular weight excluding hydrogens is 349 g/mol. The summed E-state index contributed by atoms with van der Waals surface area (Å²) < 4.78 is 40.9. The van der Waals surface area contributed by atoms with Gasteiger partial charge in [-0.15, -0.1) is 0 Å². The lowest BCUT2D eigenvalue weighted by molar-refractivity contribution is 0.146. The van der Waals surface area contributed by atoms with E-state index >= 15 is 0 Å². The van der Waals surface area contributed by atoms with Crippen LogP contribution in [0.15, 0.2) is 23.1 Å². The Kier molecular flexibility index (Phi) is 3.88. The molecule has 0 atom stereocenters. The lowest BCUT2D eigenvalue weighted by Crippen LogP contribution is -2.24. The van der Waals surface area contributed by atoms with Gasteiger partial charge in [0.15, 0.2) is 16.6 Å². The molecule has 6 nitrogen and oxygen atoms in total. The summed E-state index contributed by atoms with van der Waals surface area (Å²) in [4.78, 5) is 22.8. The molecule has 0 saturated heterocycles. The van der Waals surface area contributed by atoms with E-state index in [0.717, 1.165) is 10.6 Å². The fourth-order valence-corrected chi connectivity index (χ4v) is 2.44. The van der Waals surface area contributed by atoms with Crippen LogP contribution in [0.2, 0.25) is 5.15 Å². The van der Waals surface area contributed by atoms with Crippen molar-refractivity contribution >= 4 is 22.6 Å². The molecule has 0 unspecified atom stereocenters. The van der Waals surface area contributed by atoms with E-state index in [4.69, 9.17) is 11.6 Å². The Morgan fingerprint density at radius 2 is 2.04 bits per heavy atom. The molecule has 0 aliphatic rings. The second kappa shape index (κ2) is 5.75. The SMILES string of the molecule is Cc1ccnc(C(F)F)c1-n1c(=O)nc(O)c2cc(F)c(Cl)nc21. The second-order valence-corrected chi connectivity index (χ2v) is 5.21. The summed E-state index contributed by atoms with van der Waals surface area (Å²) in [5.74, 6) is -1.74. The van der Waals surface area contributed by atoms with Crippen molar-refractivity contribution in [3.8, 4) is 11.6 Å². The molecule has 0 amide bonds. The highest BCUT2D eigenvalue weighted by atomic mass is 35.5. The van der Waals surface area contributed by atoms with Gasteiger partial charge in [-0.2, -0.15) is 4.98 Å². The van der Waals surface area contributed by atoms with E-state index in [1.54, 1.807) is 0 Å². The summed E-state index contributed by atoms with van der Waals surface area (Å²) in [6.07, 6.45) is -1.81. The van der Waals surface area contributed by atoms with Gasteiger partial charge in [0.2, 0.25) is 5.88 Å². The van der Waals surface area contributed by atoms with Crippen LogP contribution < -0.4 is 5.69 Å². The number of aromatic hydroxyl groups is 1. The Balaban J connectivity index is 2.53. The summed E-state index contributed by atoms with van der Waals surface area (Å²) in [7, 11) is 0. The first kappa shape index (κ1) is 16.2. The first-order valence-corrected chi connectivity index (χ1v) is 6.91. The molecule has 0 aliphatic heterocycles. The highest BCUT2D eigenvalue weighted by Gasteiger charge is 2.23. The summed E-state index contributed by atoms with van der Waals surface area (Å²) in [6.45, 7) is 1.49. The maximum Gasteiger partial charge on any atom is 0.357 e. The molecule has 0 aromatic carbocycles. The molecule has 0 aliphatic carbocycles. The zero-order valence-corrected chi connectivity index (χ0v) is 12.7. The van der Waals surface area contributed by atoms with Gasteiger partial charge in [0.25, 0.3) is 6.43 Å². The lowest BCUT2D eigenvalue weighted by atomic mass is 10.2. The Hall–Kier alpha value is -2.68. The molecule has 0 bridgehead atoms. The van der Waals surface area contributed by atoms with Crippen LogP contribution in [0.4, 0.5) is 13.2 Å². The third kappa shape index (κ3) is 2.46. The van der Waals surface area contributed by atoms with Gasteiger partial charge in [0, 0.05) is 6.20 Å². The van der Waals surface area contributed by atoms with E-state index in [1.165, 1.54) is 19.2 Å². The Morgan fingerprint density at radius 3 is 2.71 bits per heavy atom. The van der Waals surface area contributed by atoms with Crippen LogP contribution >= 0.6 is 11.6 Å². The molecule has 1 N–H and O–H groups in total. The van der Waals surface area contributed by atoms with Crippen molar-refractivity contribution in [1.82, 2.24) is 19.5 Å². The van der Waals surface area contributed by atoms with Crippen LogP contribution in [0, 0.1) is 12.7 Å². The highest BCUT2D eigenvalue weighted by Crippen LogP contribution is 2.30. The topological polar surface area (TPSA) is 80.9 Å². The number of fused-ring (bicyclic) bond motifs is 1. The maximum absolute atomic E-state index is 13.6. The van der Waals surface area contributed by atoms with Crippen LogP contribution in [0.3, 0.4) is 0 Å². The number of rotatable bonds is 2. The largest absolute Gasteiger partial charge is 0.493 e. The van der Waals surface area contributed by atoms with E-state index in [1.807, 2.05) is 0 Å². The molecule has 0 radical (unpaired) electrons. The molecule has 0 saturated carbocycles. The molecule has 10 heteroatoms. The van der Waals surface area contributed by atoms with Gasteiger partial charge in [-0.25, -0.2) is 27.5 Å². The standard InChI is InChI=1S/C14H8ClF3N4O2/c1-5-2-3-19-8(11(17)18)9(5)22-12-6(13(23)21-14(22)24)4-7(16)10(15)20-12/h2-4,11H,1H3,(H,21,23,24). The molecule has 3 rings (SSSR count). The van der Waals surface area contributed by atoms with Gasteiger partial charge in [-0.3, -0.25) is 4.98 Å². The molecule has 3 heterocycles. The number of alkyl halides is 2. The zero-order chi connectivity index (χ0) is 17.6. The average molecular weight is 357 g/mol. The number of aromatic nitrogens is 4. The monoisotopic (exact) mass is 356 g/mol. The van der Waals surface area contributed by atoms with Crippen molar-refractivity contribution in [2.45, 2.75) is 13.3 Å². The van der Waals surface area contributed by atoms with Gasteiger partial charge in [-0.1, -0.05) is 11.6 Å². The number of halogens is 4. The van der Waals surface area contributed by atoms with Crippen molar-refractivity contribution in [1.29, 1.82) is 0 Å². The summed E-state index contributed by atoms with van der Waals surface area (Å²) >= 11 is 5.63. The quantitative estimate of drug-likeness (QED) is 0.714. The fraction of sp³-hybridized carbons (Fsp3) is 0.143. The maximum atomic E-state index is 13.6. The molecule has 0 fully saturated rings. The predicted molar refractivity (Wildman–Crippen MR) is 79.3 cm³/mol. The molecule has 0 spiro atoms. The first-order valence-electron chi connectivity index (χ1n) is 6.53. The fourth-order valence-electron chi connectivity index (χ4n) is 2.31. The van der Waals surface area contributed by atoms with Crippen LogP contribution in [0.5, 0.6) is 5.88 Å². The summed E-state index contributed by atoms with van der Waals surface area (Å²) in [5.41, 5.74) is -2.01. The van der Waals surface area contributed by atoms with E-state index in [9.17, 15) is 23.1 Å². The minimum atomic E-state index is -2.98. The third-order valence-electron chi connectivity index (χ3n) is 3.34. The average Bonchev–Trinajstić information content (AvgIpc) is 2.50. The van der Waals surface area contributed by atoms with Crippen molar-refractivity contribution < 1.29 is 18.3 Å². The number of hydrogen-bond acceptors (Lipinski definition) is 5. The van der Waals surface area contributed by atoms with Gasteiger partial charge in [0.1, 0.15) is 5.69 Å². The van der Waals surface area contributed by atoms with E-state index < -0.39 is 34.7 Å². The van der Waals surface area contributed by atoms with E-state index in [2.05, 4.69) is 15.0 Å². The lowest BCUT2D eigenvalue weighted by Gasteiger charge is -2.15. The minimum Gasteiger partial charge on any atom is -0.493 e. The smallest absolute Gasteiger partial charge is 0.357 e. The molecule has 3 aromatic heterocycles. The number of pyridine rings is 2. The number of hydrogen-bond donors (Lipinski definition) is 1. The summed E-state index contributed by atoms with van der Waals surface area (Å²) in [5, 5.41) is 8.92. The highest BCUT2D eigenvalue weighted by molar-refractivity contribution is 6.29. The van der Waals surface area contributed by atoms with Crippen LogP contribution in [-0.2, 0) is 0 Å². The number of aryl methyl sites for hydroxylation is 1. The molecule has 3 aromatic rings. The van der Waals surface area contributed by atoms with E-state index in [0.29, 0.717) is 5.56 Å². The molecule has 24 heavy (non-hydrogen) atoms. The first-order chi connectivity index (χ1) is 11.3. The Morgan fingerprint density at radius 1 is 1.33 bits per heavy atom. The van der Waals surface area contributed by atoms with Crippen molar-refractivity contribution in [3.05, 3.63) is 51.0 Å². The predicted octanol–water partition coefficient (Wildman–Crippen LogP) is 2.92. The second-order valence-electron chi connectivity index (χ2n) is 4.85. The van der Waals surface area contributed by atoms with Gasteiger partial charge < -0.3 is 5.11 Å². The molecule has 124 valence electrons. The summed E-state index contributed by atoms with van der Waals surface area (Å²) in [6, 6.07) is 2.23. The third-order valence-corrected chi connectivity index (χ3v) is 3.61. The van der Waals surface area contributed by atoms with E-state index in [-0.39, 0.29) is 16.7 Å². The normalized spacial score (nSPS) is 11.4. The van der Waals surface area contributed by atoms with Crippen molar-refractivity contribution in [2.24, 2.45) is 0 Å². The van der Waals surface area contributed by atoms with Gasteiger partial charge in [-0.05, 0) is 24.6 Å². The van der Waals surface area contributed by atoms with Crippen LogP contribution in [0.25, 0.3) is 16.7 Å². The molecular formula is C14H8ClF3N4O2. The van der Waals surface area contributed by atoms with Gasteiger partial charge in [0.05, 0.1) is 11.1 Å².